The van der Waals surface area contributed by atoms with E-state index in [4.69, 9.17) is 4.74 Å². The van der Waals surface area contributed by atoms with Crippen LogP contribution in [0.1, 0.15) is 48.9 Å². The van der Waals surface area contributed by atoms with E-state index in [9.17, 15) is 9.18 Å². The zero-order chi connectivity index (χ0) is 13.7. The smallest absolute Gasteiger partial charge is 0.339 e. The summed E-state index contributed by atoms with van der Waals surface area (Å²) in [4.78, 5) is 11.7. The summed E-state index contributed by atoms with van der Waals surface area (Å²) in [6.07, 6.45) is 7.01. The van der Waals surface area contributed by atoms with Gasteiger partial charge in [-0.1, -0.05) is 25.7 Å². The van der Waals surface area contributed by atoms with Gasteiger partial charge in [-0.15, -0.1) is 0 Å². The second kappa shape index (κ2) is 6.55. The average molecular weight is 265 g/mol. The molecular weight excluding hydrogens is 245 g/mol. The number of benzene rings is 1. The highest BCUT2D eigenvalue weighted by molar-refractivity contribution is 5.95. The number of rotatable bonds is 3. The molecule has 0 saturated heterocycles. The molecule has 0 aliphatic heterocycles. The van der Waals surface area contributed by atoms with Crippen LogP contribution >= 0.6 is 0 Å². The number of esters is 1. The minimum Gasteiger partial charge on any atom is -0.465 e. The van der Waals surface area contributed by atoms with E-state index < -0.39 is 5.97 Å². The molecule has 3 nitrogen and oxygen atoms in total. The number of methoxy groups -OCH3 is 1. The lowest BCUT2D eigenvalue weighted by Gasteiger charge is -2.19. The largest absolute Gasteiger partial charge is 0.465 e. The van der Waals surface area contributed by atoms with Gasteiger partial charge in [-0.05, 0) is 31.0 Å². The molecule has 0 bridgehead atoms. The summed E-state index contributed by atoms with van der Waals surface area (Å²) in [5.74, 6) is -0.778. The Balaban J connectivity index is 2.17. The Kier molecular flexibility index (Phi) is 4.77. The van der Waals surface area contributed by atoms with Crippen molar-refractivity contribution in [2.75, 3.05) is 12.4 Å². The third kappa shape index (κ3) is 3.69. The van der Waals surface area contributed by atoms with Crippen molar-refractivity contribution in [3.63, 3.8) is 0 Å². The molecule has 1 aromatic carbocycles. The maximum absolute atomic E-state index is 13.4. The molecule has 1 fully saturated rings. The highest BCUT2D eigenvalue weighted by atomic mass is 19.1. The van der Waals surface area contributed by atoms with Crippen LogP contribution in [0.5, 0.6) is 0 Å². The van der Waals surface area contributed by atoms with Crippen LogP contribution in [-0.2, 0) is 4.74 Å². The summed E-state index contributed by atoms with van der Waals surface area (Å²) in [5, 5.41) is 3.30. The van der Waals surface area contributed by atoms with E-state index in [0.29, 0.717) is 17.3 Å². The molecule has 1 saturated carbocycles. The van der Waals surface area contributed by atoms with Crippen molar-refractivity contribution in [3.8, 4) is 0 Å². The fraction of sp³-hybridized carbons (Fsp3) is 0.533. The van der Waals surface area contributed by atoms with Crippen LogP contribution < -0.4 is 5.32 Å². The van der Waals surface area contributed by atoms with E-state index in [0.717, 1.165) is 12.8 Å². The Morgan fingerprint density at radius 2 is 1.95 bits per heavy atom. The summed E-state index contributed by atoms with van der Waals surface area (Å²) in [7, 11) is 1.33. The molecule has 19 heavy (non-hydrogen) atoms. The SMILES string of the molecule is COC(=O)c1ccc(F)cc1NC1CCCCCC1. The van der Waals surface area contributed by atoms with Crippen molar-refractivity contribution in [2.24, 2.45) is 0 Å². The number of carbonyl (C=O) groups excluding carboxylic acids is 1. The molecule has 0 heterocycles. The third-order valence-corrected chi connectivity index (χ3v) is 3.60. The minimum atomic E-state index is -0.434. The van der Waals surface area contributed by atoms with E-state index in [-0.39, 0.29) is 5.82 Å². The summed E-state index contributed by atoms with van der Waals surface area (Å²) in [6.45, 7) is 0. The topological polar surface area (TPSA) is 38.3 Å². The maximum Gasteiger partial charge on any atom is 0.339 e. The first kappa shape index (κ1) is 13.8. The Morgan fingerprint density at radius 1 is 1.26 bits per heavy atom. The van der Waals surface area contributed by atoms with Gasteiger partial charge in [-0.2, -0.15) is 0 Å². The first-order valence-electron chi connectivity index (χ1n) is 6.85. The molecule has 2 rings (SSSR count). The number of ether oxygens (including phenoxy) is 1. The summed E-state index contributed by atoms with van der Waals surface area (Å²) < 4.78 is 18.1. The van der Waals surface area contributed by atoms with Crippen LogP contribution in [0.3, 0.4) is 0 Å². The molecule has 0 radical (unpaired) electrons. The van der Waals surface area contributed by atoms with Crippen LogP contribution in [0.15, 0.2) is 18.2 Å². The van der Waals surface area contributed by atoms with Gasteiger partial charge in [0.15, 0.2) is 0 Å². The zero-order valence-electron chi connectivity index (χ0n) is 11.2. The Bertz CT molecular complexity index is 440. The second-order valence-electron chi connectivity index (χ2n) is 5.01. The van der Waals surface area contributed by atoms with Gasteiger partial charge in [0, 0.05) is 6.04 Å². The monoisotopic (exact) mass is 265 g/mol. The Hall–Kier alpha value is -1.58. The first-order chi connectivity index (χ1) is 9.20. The lowest BCUT2D eigenvalue weighted by atomic mass is 10.1. The average Bonchev–Trinajstić information content (AvgIpc) is 2.67. The fourth-order valence-electron chi connectivity index (χ4n) is 2.57. The van der Waals surface area contributed by atoms with Gasteiger partial charge in [0.1, 0.15) is 5.82 Å². The predicted molar refractivity (Wildman–Crippen MR) is 72.9 cm³/mol. The third-order valence-electron chi connectivity index (χ3n) is 3.60. The van der Waals surface area contributed by atoms with E-state index in [1.165, 1.54) is 51.0 Å². The second-order valence-corrected chi connectivity index (χ2v) is 5.01. The highest BCUT2D eigenvalue weighted by Crippen LogP contribution is 2.24. The fourth-order valence-corrected chi connectivity index (χ4v) is 2.57. The summed E-state index contributed by atoms with van der Waals surface area (Å²) in [6, 6.07) is 4.44. The standard InChI is InChI=1S/C15H20FNO2/c1-19-15(18)13-9-8-11(16)10-14(13)17-12-6-4-2-3-5-7-12/h8-10,12,17H,2-7H2,1H3. The van der Waals surface area contributed by atoms with Crippen molar-refractivity contribution in [1.29, 1.82) is 0 Å². The summed E-state index contributed by atoms with van der Waals surface area (Å²) in [5.41, 5.74) is 0.937. The number of anilines is 1. The molecule has 0 unspecified atom stereocenters. The molecule has 0 amide bonds. The number of hydrogen-bond acceptors (Lipinski definition) is 3. The molecule has 0 atom stereocenters. The van der Waals surface area contributed by atoms with Crippen molar-refractivity contribution in [3.05, 3.63) is 29.6 Å². The zero-order valence-corrected chi connectivity index (χ0v) is 11.2. The van der Waals surface area contributed by atoms with Crippen molar-refractivity contribution in [2.45, 2.75) is 44.6 Å². The molecule has 1 aliphatic rings. The van der Waals surface area contributed by atoms with Gasteiger partial charge in [0.05, 0.1) is 18.4 Å². The quantitative estimate of drug-likeness (QED) is 0.668. The normalized spacial score (nSPS) is 16.7. The number of nitrogens with one attached hydrogen (secondary N) is 1. The van der Waals surface area contributed by atoms with Crippen molar-refractivity contribution in [1.82, 2.24) is 0 Å². The number of carbonyl (C=O) groups is 1. The lowest BCUT2D eigenvalue weighted by molar-refractivity contribution is 0.0601. The van der Waals surface area contributed by atoms with E-state index in [1.807, 2.05) is 0 Å². The Morgan fingerprint density at radius 3 is 2.58 bits per heavy atom. The number of hydrogen-bond donors (Lipinski definition) is 1. The van der Waals surface area contributed by atoms with Crippen molar-refractivity contribution < 1.29 is 13.9 Å². The highest BCUT2D eigenvalue weighted by Gasteiger charge is 2.17. The van der Waals surface area contributed by atoms with Crippen LogP contribution in [0.4, 0.5) is 10.1 Å². The molecule has 4 heteroatoms. The van der Waals surface area contributed by atoms with Crippen LogP contribution in [0, 0.1) is 5.82 Å². The minimum absolute atomic E-state index is 0.313. The maximum atomic E-state index is 13.4. The molecule has 0 spiro atoms. The van der Waals surface area contributed by atoms with Gasteiger partial charge in [0.25, 0.3) is 0 Å². The molecule has 0 aromatic heterocycles. The van der Waals surface area contributed by atoms with E-state index in [2.05, 4.69) is 5.32 Å². The van der Waals surface area contributed by atoms with E-state index in [1.54, 1.807) is 0 Å². The van der Waals surface area contributed by atoms with Gasteiger partial charge in [-0.25, -0.2) is 9.18 Å². The predicted octanol–water partition coefficient (Wildman–Crippen LogP) is 3.75. The molecule has 1 aromatic rings. The van der Waals surface area contributed by atoms with E-state index >= 15 is 0 Å². The van der Waals surface area contributed by atoms with Gasteiger partial charge >= 0.3 is 5.97 Å². The van der Waals surface area contributed by atoms with Crippen LogP contribution in [-0.4, -0.2) is 19.1 Å². The molecule has 104 valence electrons. The molecular formula is C15H20FNO2. The Labute approximate surface area is 113 Å². The molecule has 1 N–H and O–H groups in total. The summed E-state index contributed by atoms with van der Waals surface area (Å²) >= 11 is 0. The van der Waals surface area contributed by atoms with Gasteiger partial charge < -0.3 is 10.1 Å². The van der Waals surface area contributed by atoms with Crippen molar-refractivity contribution >= 4 is 11.7 Å². The number of halogens is 1. The van der Waals surface area contributed by atoms with Gasteiger partial charge in [0.2, 0.25) is 0 Å². The lowest BCUT2D eigenvalue weighted by Crippen LogP contribution is -2.20. The van der Waals surface area contributed by atoms with Gasteiger partial charge in [-0.3, -0.25) is 0 Å². The molecule has 1 aliphatic carbocycles. The first-order valence-corrected chi connectivity index (χ1v) is 6.85. The van der Waals surface area contributed by atoms with Crippen LogP contribution in [0.2, 0.25) is 0 Å². The van der Waals surface area contributed by atoms with Crippen LogP contribution in [0.25, 0.3) is 0 Å².